The molecule has 3 heteroatoms. The Morgan fingerprint density at radius 3 is 2.18 bits per heavy atom. The van der Waals surface area contributed by atoms with E-state index in [9.17, 15) is 0 Å². The molecule has 0 nitrogen and oxygen atoms in total. The standard InChI is InChI=1S/C8H11Cl2P/c1-2-11(9,10)8-6-4-3-5-7-8/h3-7,11H,2H2,1H3. The predicted molar refractivity (Wildman–Crippen MR) is 56.6 cm³/mol. The van der Waals surface area contributed by atoms with Gasteiger partial charge < -0.3 is 0 Å². The van der Waals surface area contributed by atoms with Crippen LogP contribution >= 0.6 is 28.4 Å². The van der Waals surface area contributed by atoms with E-state index < -0.39 is 5.97 Å². The Balaban J connectivity index is 2.93. The van der Waals surface area contributed by atoms with E-state index in [1.807, 2.05) is 37.3 Å². The van der Waals surface area contributed by atoms with Crippen molar-refractivity contribution in [1.82, 2.24) is 0 Å². The van der Waals surface area contributed by atoms with Gasteiger partial charge in [-0.05, 0) is 0 Å². The van der Waals surface area contributed by atoms with Crippen LogP contribution in [-0.4, -0.2) is 6.16 Å². The van der Waals surface area contributed by atoms with Crippen LogP contribution in [0.2, 0.25) is 0 Å². The molecule has 0 fully saturated rings. The fourth-order valence-corrected chi connectivity index (χ4v) is 2.73. The van der Waals surface area contributed by atoms with Crippen LogP contribution in [0.15, 0.2) is 30.3 Å². The molecule has 0 atom stereocenters. The van der Waals surface area contributed by atoms with Crippen molar-refractivity contribution in [1.29, 1.82) is 0 Å². The number of rotatable bonds is 2. The van der Waals surface area contributed by atoms with Gasteiger partial charge in [-0.25, -0.2) is 0 Å². The van der Waals surface area contributed by atoms with Crippen LogP contribution < -0.4 is 5.30 Å². The van der Waals surface area contributed by atoms with Crippen LogP contribution in [0.4, 0.5) is 0 Å². The Morgan fingerprint density at radius 1 is 1.18 bits per heavy atom. The molecule has 11 heavy (non-hydrogen) atoms. The van der Waals surface area contributed by atoms with Gasteiger partial charge >= 0.3 is 77.2 Å². The van der Waals surface area contributed by atoms with Gasteiger partial charge in [0.2, 0.25) is 0 Å². The van der Waals surface area contributed by atoms with Crippen LogP contribution in [0.3, 0.4) is 0 Å². The van der Waals surface area contributed by atoms with Crippen molar-refractivity contribution in [2.24, 2.45) is 0 Å². The molecule has 0 spiro atoms. The molecule has 0 amide bonds. The van der Waals surface area contributed by atoms with Crippen molar-refractivity contribution < 1.29 is 0 Å². The minimum absolute atomic E-state index is 0.861. The van der Waals surface area contributed by atoms with E-state index in [1.165, 1.54) is 0 Å². The first-order valence-corrected chi connectivity index (χ1v) is 7.83. The maximum atomic E-state index is 6.15. The zero-order valence-corrected chi connectivity index (χ0v) is 8.86. The normalized spacial score (nSPS) is 13.0. The second kappa shape index (κ2) is 3.76. The minimum atomic E-state index is -2.11. The summed E-state index contributed by atoms with van der Waals surface area (Å²) < 4.78 is 0. The van der Waals surface area contributed by atoms with Crippen molar-refractivity contribution in [2.45, 2.75) is 6.92 Å². The van der Waals surface area contributed by atoms with Crippen molar-refractivity contribution in [3.05, 3.63) is 30.3 Å². The number of benzene rings is 1. The number of hydrogen-bond donors (Lipinski definition) is 0. The van der Waals surface area contributed by atoms with Crippen molar-refractivity contribution in [3.63, 3.8) is 0 Å². The fourth-order valence-electron chi connectivity index (χ4n) is 0.886. The summed E-state index contributed by atoms with van der Waals surface area (Å²) in [7, 11) is 0. The Labute approximate surface area is 77.4 Å². The molecule has 0 aliphatic rings. The monoisotopic (exact) mass is 208 g/mol. The van der Waals surface area contributed by atoms with E-state index in [0.29, 0.717) is 0 Å². The quantitative estimate of drug-likeness (QED) is 0.655. The summed E-state index contributed by atoms with van der Waals surface area (Å²) in [4.78, 5) is 0. The van der Waals surface area contributed by atoms with Gasteiger partial charge in [0.1, 0.15) is 0 Å². The van der Waals surface area contributed by atoms with E-state index >= 15 is 0 Å². The zero-order chi connectivity index (χ0) is 8.32. The third-order valence-corrected chi connectivity index (χ3v) is 6.62. The van der Waals surface area contributed by atoms with E-state index in [-0.39, 0.29) is 0 Å². The van der Waals surface area contributed by atoms with E-state index in [1.54, 1.807) is 0 Å². The second-order valence-corrected chi connectivity index (χ2v) is 9.57. The Morgan fingerprint density at radius 2 is 1.73 bits per heavy atom. The first-order valence-electron chi connectivity index (χ1n) is 3.60. The molecule has 62 valence electrons. The summed E-state index contributed by atoms with van der Waals surface area (Å²) in [6, 6.07) is 9.90. The molecule has 0 unspecified atom stereocenters. The molecule has 0 aliphatic heterocycles. The van der Waals surface area contributed by atoms with Gasteiger partial charge in [0.15, 0.2) is 0 Å². The van der Waals surface area contributed by atoms with Crippen LogP contribution in [0.25, 0.3) is 0 Å². The van der Waals surface area contributed by atoms with E-state index in [2.05, 4.69) is 0 Å². The summed E-state index contributed by atoms with van der Waals surface area (Å²) >= 11 is 12.3. The number of hydrogen-bond acceptors (Lipinski definition) is 0. The summed E-state index contributed by atoms with van der Waals surface area (Å²) in [5, 5.41) is 1.10. The third-order valence-electron chi connectivity index (χ3n) is 1.64. The van der Waals surface area contributed by atoms with Crippen molar-refractivity contribution in [2.75, 3.05) is 6.16 Å². The average Bonchev–Trinajstić information content (AvgIpc) is 2.06. The summed E-state index contributed by atoms with van der Waals surface area (Å²) in [6.45, 7) is 2.03. The van der Waals surface area contributed by atoms with Crippen LogP contribution in [0, 0.1) is 0 Å². The first kappa shape index (κ1) is 9.32. The zero-order valence-electron chi connectivity index (χ0n) is 6.35. The molecule has 0 radical (unpaired) electrons. The molecule has 1 aromatic rings. The molecule has 1 rings (SSSR count). The van der Waals surface area contributed by atoms with Gasteiger partial charge in [-0.15, -0.1) is 0 Å². The number of halogens is 2. The van der Waals surface area contributed by atoms with Crippen LogP contribution in [0.1, 0.15) is 6.92 Å². The Hall–Kier alpha value is 0.230. The molecular weight excluding hydrogens is 198 g/mol. The molecular formula is C8H11Cl2P. The van der Waals surface area contributed by atoms with E-state index in [0.717, 1.165) is 11.5 Å². The molecule has 0 saturated carbocycles. The SMILES string of the molecule is CC[PH](Cl)(Cl)c1ccccc1. The maximum absolute atomic E-state index is 6.15. The molecule has 0 bridgehead atoms. The van der Waals surface area contributed by atoms with Crippen molar-refractivity contribution >= 4 is 33.8 Å². The van der Waals surface area contributed by atoms with E-state index in [4.69, 9.17) is 22.5 Å². The molecule has 0 aliphatic carbocycles. The second-order valence-electron chi connectivity index (χ2n) is 2.42. The third kappa shape index (κ3) is 2.33. The Kier molecular flexibility index (Phi) is 3.18. The molecule has 0 N–H and O–H groups in total. The molecule has 1 aromatic carbocycles. The van der Waals surface area contributed by atoms with Gasteiger partial charge in [0.25, 0.3) is 0 Å². The summed E-state index contributed by atoms with van der Waals surface area (Å²) in [6.07, 6.45) is 0.861. The fraction of sp³-hybridized carbons (Fsp3) is 0.250. The Bertz CT molecular complexity index is 221. The predicted octanol–water partition coefficient (Wildman–Crippen LogP) is 3.39. The summed E-state index contributed by atoms with van der Waals surface area (Å²) in [5.74, 6) is -2.11. The van der Waals surface area contributed by atoms with Gasteiger partial charge in [0, 0.05) is 0 Å². The van der Waals surface area contributed by atoms with Crippen LogP contribution in [-0.2, 0) is 0 Å². The first-order chi connectivity index (χ1) is 5.17. The van der Waals surface area contributed by atoms with Crippen LogP contribution in [0.5, 0.6) is 0 Å². The topological polar surface area (TPSA) is 0 Å². The summed E-state index contributed by atoms with van der Waals surface area (Å²) in [5.41, 5.74) is 0. The molecule has 0 heterocycles. The van der Waals surface area contributed by atoms with Gasteiger partial charge in [-0.2, -0.15) is 0 Å². The molecule has 0 aromatic heterocycles. The van der Waals surface area contributed by atoms with Gasteiger partial charge in [0.05, 0.1) is 0 Å². The average molecular weight is 209 g/mol. The van der Waals surface area contributed by atoms with Gasteiger partial charge in [-0.1, -0.05) is 0 Å². The van der Waals surface area contributed by atoms with Crippen molar-refractivity contribution in [3.8, 4) is 0 Å². The van der Waals surface area contributed by atoms with Gasteiger partial charge in [-0.3, -0.25) is 0 Å². The molecule has 0 saturated heterocycles.